The first kappa shape index (κ1) is 18.1. The molecule has 3 rings (SSSR count). The number of fused-ring (bicyclic) bond motifs is 1. The normalized spacial score (nSPS) is 13.6. The van der Waals surface area contributed by atoms with E-state index in [4.69, 9.17) is 14.6 Å². The van der Waals surface area contributed by atoms with E-state index in [0.29, 0.717) is 25.5 Å². The van der Waals surface area contributed by atoms with Crippen LogP contribution in [0.1, 0.15) is 28.4 Å². The van der Waals surface area contributed by atoms with Crippen LogP contribution in [0.4, 0.5) is 5.69 Å². The van der Waals surface area contributed by atoms with E-state index in [9.17, 15) is 9.90 Å². The number of carbonyl (C=O) groups is 1. The van der Waals surface area contributed by atoms with E-state index >= 15 is 0 Å². The molecule has 6 nitrogen and oxygen atoms in total. The summed E-state index contributed by atoms with van der Waals surface area (Å²) in [5.41, 5.74) is 3.14. The second-order valence-corrected chi connectivity index (χ2v) is 6.51. The largest absolute Gasteiger partial charge is 0.493 e. The third kappa shape index (κ3) is 4.26. The van der Waals surface area contributed by atoms with Crippen LogP contribution in [-0.2, 0) is 13.0 Å². The molecule has 0 saturated heterocycles. The lowest BCUT2D eigenvalue weighted by atomic mass is 10.1. The number of aromatic carboxylic acids is 1. The van der Waals surface area contributed by atoms with Crippen LogP contribution in [0.25, 0.3) is 0 Å². The van der Waals surface area contributed by atoms with Gasteiger partial charge in [-0.2, -0.15) is 0 Å². The van der Waals surface area contributed by atoms with Gasteiger partial charge in [-0.05, 0) is 35.2 Å². The van der Waals surface area contributed by atoms with Crippen molar-refractivity contribution in [1.29, 1.82) is 0 Å². The van der Waals surface area contributed by atoms with Gasteiger partial charge in [-0.25, -0.2) is 4.79 Å². The van der Waals surface area contributed by atoms with Crippen LogP contribution < -0.4 is 14.8 Å². The highest BCUT2D eigenvalue weighted by atomic mass is 16.5. The van der Waals surface area contributed by atoms with Crippen molar-refractivity contribution in [1.82, 2.24) is 0 Å². The molecule has 2 aromatic carbocycles. The number of aliphatic hydroxyl groups is 1. The minimum Gasteiger partial charge on any atom is -0.493 e. The SMILES string of the molecule is CC(CO)CNc1cc2c(cc1OCc1ccc(C(=O)O)cc1)OCC2. The van der Waals surface area contributed by atoms with E-state index in [1.807, 2.05) is 19.1 Å². The number of benzene rings is 2. The van der Waals surface area contributed by atoms with Crippen LogP contribution in [0.2, 0.25) is 0 Å². The number of ether oxygens (including phenoxy) is 2. The first-order chi connectivity index (χ1) is 12.6. The molecule has 0 fully saturated rings. The fourth-order valence-corrected chi connectivity index (χ4v) is 2.72. The molecule has 1 atom stereocenters. The quantitative estimate of drug-likeness (QED) is 0.673. The van der Waals surface area contributed by atoms with Crippen molar-refractivity contribution in [3.63, 3.8) is 0 Å². The van der Waals surface area contributed by atoms with E-state index in [2.05, 4.69) is 5.32 Å². The average Bonchev–Trinajstić information content (AvgIpc) is 3.11. The molecule has 26 heavy (non-hydrogen) atoms. The molecule has 1 unspecified atom stereocenters. The van der Waals surface area contributed by atoms with Crippen molar-refractivity contribution in [2.75, 3.05) is 25.1 Å². The molecule has 0 radical (unpaired) electrons. The highest BCUT2D eigenvalue weighted by Gasteiger charge is 2.17. The summed E-state index contributed by atoms with van der Waals surface area (Å²) in [6.45, 7) is 3.71. The van der Waals surface area contributed by atoms with Crippen molar-refractivity contribution < 1.29 is 24.5 Å². The standard InChI is InChI=1S/C20H23NO5/c1-13(11-22)10-21-17-8-16-6-7-25-18(16)9-19(17)26-12-14-2-4-15(5-3-14)20(23)24/h2-5,8-9,13,21-22H,6-7,10-12H2,1H3,(H,23,24). The molecular weight excluding hydrogens is 334 g/mol. The fourth-order valence-electron chi connectivity index (χ4n) is 2.72. The van der Waals surface area contributed by atoms with Crippen LogP contribution in [0.5, 0.6) is 11.5 Å². The monoisotopic (exact) mass is 357 g/mol. The van der Waals surface area contributed by atoms with E-state index in [0.717, 1.165) is 29.0 Å². The molecule has 0 spiro atoms. The van der Waals surface area contributed by atoms with E-state index in [-0.39, 0.29) is 18.1 Å². The van der Waals surface area contributed by atoms with Gasteiger partial charge in [0.2, 0.25) is 0 Å². The van der Waals surface area contributed by atoms with Gasteiger partial charge >= 0.3 is 5.97 Å². The third-order valence-corrected chi connectivity index (χ3v) is 4.34. The lowest BCUT2D eigenvalue weighted by molar-refractivity contribution is 0.0697. The Morgan fingerprint density at radius 2 is 2.08 bits per heavy atom. The first-order valence-electron chi connectivity index (χ1n) is 8.66. The number of rotatable bonds is 8. The summed E-state index contributed by atoms with van der Waals surface area (Å²) in [5, 5.41) is 21.5. The minimum absolute atomic E-state index is 0.118. The molecule has 0 amide bonds. The zero-order chi connectivity index (χ0) is 18.5. The van der Waals surface area contributed by atoms with Crippen molar-refractivity contribution >= 4 is 11.7 Å². The molecule has 138 valence electrons. The van der Waals surface area contributed by atoms with Crippen molar-refractivity contribution in [3.05, 3.63) is 53.1 Å². The Kier molecular flexibility index (Phi) is 5.63. The third-order valence-electron chi connectivity index (χ3n) is 4.34. The molecule has 0 aliphatic carbocycles. The molecule has 1 heterocycles. The Bertz CT molecular complexity index is 773. The summed E-state index contributed by atoms with van der Waals surface area (Å²) < 4.78 is 11.6. The number of aliphatic hydroxyl groups excluding tert-OH is 1. The maximum absolute atomic E-state index is 10.9. The van der Waals surface area contributed by atoms with Gasteiger partial charge in [0.25, 0.3) is 0 Å². The highest BCUT2D eigenvalue weighted by Crippen LogP contribution is 2.36. The molecule has 2 aromatic rings. The molecule has 0 saturated carbocycles. The molecule has 0 bridgehead atoms. The van der Waals surface area contributed by atoms with Crippen molar-refractivity contribution in [2.45, 2.75) is 20.0 Å². The summed E-state index contributed by atoms with van der Waals surface area (Å²) in [7, 11) is 0. The summed E-state index contributed by atoms with van der Waals surface area (Å²) in [6.07, 6.45) is 0.872. The zero-order valence-corrected chi connectivity index (χ0v) is 14.7. The van der Waals surface area contributed by atoms with E-state index in [1.165, 1.54) is 0 Å². The lowest BCUT2D eigenvalue weighted by Gasteiger charge is -2.17. The summed E-state index contributed by atoms with van der Waals surface area (Å²) in [6, 6.07) is 10.5. The number of nitrogens with one attached hydrogen (secondary N) is 1. The van der Waals surface area contributed by atoms with Crippen molar-refractivity contribution in [2.24, 2.45) is 5.92 Å². The van der Waals surface area contributed by atoms with Crippen LogP contribution in [0.15, 0.2) is 36.4 Å². The average molecular weight is 357 g/mol. The van der Waals surface area contributed by atoms with Crippen LogP contribution >= 0.6 is 0 Å². The summed E-state index contributed by atoms with van der Waals surface area (Å²) >= 11 is 0. The van der Waals surface area contributed by atoms with Crippen LogP contribution in [0, 0.1) is 5.92 Å². The predicted octanol–water partition coefficient (Wildman–Crippen LogP) is 2.94. The van der Waals surface area contributed by atoms with Gasteiger partial charge in [-0.15, -0.1) is 0 Å². The highest BCUT2D eigenvalue weighted by molar-refractivity contribution is 5.87. The zero-order valence-electron chi connectivity index (χ0n) is 14.7. The molecule has 3 N–H and O–H groups in total. The second-order valence-electron chi connectivity index (χ2n) is 6.51. The Labute approximate surface area is 152 Å². The van der Waals surface area contributed by atoms with Gasteiger partial charge in [0.15, 0.2) is 0 Å². The topological polar surface area (TPSA) is 88.0 Å². The first-order valence-corrected chi connectivity index (χ1v) is 8.66. The maximum atomic E-state index is 10.9. The van der Waals surface area contributed by atoms with Gasteiger partial charge in [-0.3, -0.25) is 0 Å². The van der Waals surface area contributed by atoms with Crippen LogP contribution in [-0.4, -0.2) is 35.9 Å². The number of carboxylic acids is 1. The predicted molar refractivity (Wildman–Crippen MR) is 98.1 cm³/mol. The molecule has 6 heteroatoms. The minimum atomic E-state index is -0.947. The summed E-state index contributed by atoms with van der Waals surface area (Å²) in [5.74, 6) is 0.703. The fraction of sp³-hybridized carbons (Fsp3) is 0.350. The van der Waals surface area contributed by atoms with Gasteiger partial charge in [0.1, 0.15) is 18.1 Å². The molecule has 0 aromatic heterocycles. The van der Waals surface area contributed by atoms with Gasteiger partial charge in [0.05, 0.1) is 17.9 Å². The molecular formula is C20H23NO5. The lowest BCUT2D eigenvalue weighted by Crippen LogP contribution is -2.15. The smallest absolute Gasteiger partial charge is 0.335 e. The van der Waals surface area contributed by atoms with Crippen LogP contribution in [0.3, 0.4) is 0 Å². The number of hydrogen-bond acceptors (Lipinski definition) is 5. The Morgan fingerprint density at radius 3 is 2.77 bits per heavy atom. The molecule has 1 aliphatic heterocycles. The van der Waals surface area contributed by atoms with Gasteiger partial charge < -0.3 is 25.0 Å². The number of hydrogen-bond donors (Lipinski definition) is 3. The molecule has 1 aliphatic rings. The Morgan fingerprint density at radius 1 is 1.31 bits per heavy atom. The maximum Gasteiger partial charge on any atom is 0.335 e. The second kappa shape index (κ2) is 8.10. The number of carboxylic acid groups (broad SMARTS) is 1. The van der Waals surface area contributed by atoms with Gasteiger partial charge in [-0.1, -0.05) is 19.1 Å². The Balaban J connectivity index is 1.73. The Hall–Kier alpha value is -2.73. The van der Waals surface area contributed by atoms with E-state index < -0.39 is 5.97 Å². The van der Waals surface area contributed by atoms with Crippen molar-refractivity contribution in [3.8, 4) is 11.5 Å². The summed E-state index contributed by atoms with van der Waals surface area (Å²) in [4.78, 5) is 10.9. The van der Waals surface area contributed by atoms with E-state index in [1.54, 1.807) is 24.3 Å². The van der Waals surface area contributed by atoms with Gasteiger partial charge in [0, 0.05) is 25.6 Å². The number of anilines is 1.